The second-order valence-electron chi connectivity index (χ2n) is 9.08. The molecule has 2 heterocycles. The third-order valence-electron chi connectivity index (χ3n) is 6.78. The fourth-order valence-corrected chi connectivity index (χ4v) is 6.30. The van der Waals surface area contributed by atoms with Gasteiger partial charge in [0, 0.05) is 49.2 Å². The number of carbonyl (C=O) groups excluding carboxylic acids is 1. The maximum atomic E-state index is 13.9. The van der Waals surface area contributed by atoms with Crippen LogP contribution in [0.5, 0.6) is 0 Å². The predicted octanol–water partition coefficient (Wildman–Crippen LogP) is 4.69. The van der Waals surface area contributed by atoms with Crippen LogP contribution < -0.4 is 5.32 Å². The van der Waals surface area contributed by atoms with E-state index in [-0.39, 0.29) is 29.7 Å². The van der Waals surface area contributed by atoms with Crippen LogP contribution >= 0.6 is 0 Å². The summed E-state index contributed by atoms with van der Waals surface area (Å²) in [4.78, 5) is 12.6. The Kier molecular flexibility index (Phi) is 5.93. The maximum absolute atomic E-state index is 13.9. The summed E-state index contributed by atoms with van der Waals surface area (Å²) >= 11 is 0. The highest BCUT2D eigenvalue weighted by Gasteiger charge is 2.41. The minimum atomic E-state index is -3.99. The third kappa shape index (κ3) is 4.34. The molecule has 180 valence electrons. The van der Waals surface area contributed by atoms with Crippen molar-refractivity contribution in [2.45, 2.75) is 54.9 Å². The summed E-state index contributed by atoms with van der Waals surface area (Å²) in [5, 5.41) is 3.62. The first-order chi connectivity index (χ1) is 16.2. The molecule has 3 aromatic rings. The Morgan fingerprint density at radius 1 is 1.03 bits per heavy atom. The molecular weight excluding hydrogens is 462 g/mol. The van der Waals surface area contributed by atoms with Gasteiger partial charge >= 0.3 is 0 Å². The molecule has 1 aliphatic heterocycles. The van der Waals surface area contributed by atoms with Gasteiger partial charge in [-0.15, -0.1) is 0 Å². The van der Waals surface area contributed by atoms with Gasteiger partial charge in [-0.05, 0) is 61.1 Å². The Bertz CT molecular complexity index is 1310. The Morgan fingerprint density at radius 2 is 1.74 bits per heavy atom. The summed E-state index contributed by atoms with van der Waals surface area (Å²) in [7, 11) is -3.99. The first kappa shape index (κ1) is 23.0. The second kappa shape index (κ2) is 8.78. The first-order valence-corrected chi connectivity index (χ1v) is 12.9. The number of carbonyl (C=O) groups is 1. The van der Waals surface area contributed by atoms with E-state index in [0.29, 0.717) is 41.7 Å². The lowest BCUT2D eigenvalue weighted by Gasteiger charge is -2.23. The fraction of sp³-hybridized carbons (Fsp3) is 0.400. The molecule has 0 spiro atoms. The standard InChI is InChI=1S/C25H26F2N2O4S/c26-25(27)12-9-18(15-25)22-16-29(23-4-2-1-3-21(22)23)34(31,32)20-7-5-17(6-8-20)24(30)28-19-10-13-33-14-11-19/h1-8,16,18-19H,9-15H2,(H,28,30). The van der Waals surface area contributed by atoms with Gasteiger partial charge in [0.1, 0.15) is 0 Å². The normalized spacial score (nSPS) is 21.1. The summed E-state index contributed by atoms with van der Waals surface area (Å²) in [6.07, 6.45) is 2.82. The molecule has 2 aromatic carbocycles. The maximum Gasteiger partial charge on any atom is 0.268 e. The van der Waals surface area contributed by atoms with Crippen LogP contribution in [0.2, 0.25) is 0 Å². The van der Waals surface area contributed by atoms with E-state index in [1.54, 1.807) is 24.3 Å². The van der Waals surface area contributed by atoms with E-state index in [9.17, 15) is 22.0 Å². The van der Waals surface area contributed by atoms with Gasteiger partial charge in [-0.25, -0.2) is 21.2 Å². The zero-order chi connectivity index (χ0) is 23.9. The van der Waals surface area contributed by atoms with Crippen LogP contribution in [0.25, 0.3) is 10.9 Å². The van der Waals surface area contributed by atoms with Crippen LogP contribution in [0.1, 0.15) is 53.9 Å². The molecule has 1 N–H and O–H groups in total. The van der Waals surface area contributed by atoms with E-state index in [2.05, 4.69) is 5.32 Å². The number of fused-ring (bicyclic) bond motifs is 1. The summed E-state index contributed by atoms with van der Waals surface area (Å²) in [5.41, 5.74) is 1.45. The van der Waals surface area contributed by atoms with Crippen LogP contribution in [-0.4, -0.2) is 43.5 Å². The van der Waals surface area contributed by atoms with Crippen LogP contribution in [0.3, 0.4) is 0 Å². The van der Waals surface area contributed by atoms with E-state index in [4.69, 9.17) is 4.74 Å². The Labute approximate surface area is 197 Å². The molecular formula is C25H26F2N2O4S. The van der Waals surface area contributed by atoms with Crippen LogP contribution in [0.15, 0.2) is 59.6 Å². The molecule has 1 aliphatic carbocycles. The molecule has 1 saturated carbocycles. The molecule has 2 fully saturated rings. The number of ether oxygens (including phenoxy) is 1. The van der Waals surface area contributed by atoms with Gasteiger partial charge in [-0.1, -0.05) is 18.2 Å². The minimum Gasteiger partial charge on any atom is -0.381 e. The SMILES string of the molecule is O=C(NC1CCOCC1)c1ccc(S(=O)(=O)n2cc(C3CCC(F)(F)C3)c3ccccc32)cc1. The number of aromatic nitrogens is 1. The molecule has 1 unspecified atom stereocenters. The van der Waals surface area contributed by atoms with Crippen molar-refractivity contribution in [3.05, 3.63) is 65.9 Å². The van der Waals surface area contributed by atoms with Crippen molar-refractivity contribution in [1.82, 2.24) is 9.29 Å². The van der Waals surface area contributed by atoms with Gasteiger partial charge in [-0.2, -0.15) is 0 Å². The topological polar surface area (TPSA) is 77.4 Å². The van der Waals surface area contributed by atoms with Crippen LogP contribution in [0.4, 0.5) is 8.78 Å². The number of para-hydroxylation sites is 1. The number of nitrogens with one attached hydrogen (secondary N) is 1. The monoisotopic (exact) mass is 488 g/mol. The number of benzene rings is 2. The second-order valence-corrected chi connectivity index (χ2v) is 10.9. The zero-order valence-corrected chi connectivity index (χ0v) is 19.4. The largest absolute Gasteiger partial charge is 0.381 e. The van der Waals surface area contributed by atoms with Crippen molar-refractivity contribution < 1.29 is 26.7 Å². The molecule has 5 rings (SSSR count). The zero-order valence-electron chi connectivity index (χ0n) is 18.5. The average Bonchev–Trinajstić information content (AvgIpc) is 3.40. The lowest BCUT2D eigenvalue weighted by molar-refractivity contribution is 0.00779. The average molecular weight is 489 g/mol. The Morgan fingerprint density at radius 3 is 2.41 bits per heavy atom. The highest BCUT2D eigenvalue weighted by Crippen LogP contribution is 2.46. The Hall–Kier alpha value is -2.78. The van der Waals surface area contributed by atoms with Gasteiger partial charge < -0.3 is 10.1 Å². The summed E-state index contributed by atoms with van der Waals surface area (Å²) in [5.74, 6) is -3.38. The van der Waals surface area contributed by atoms with E-state index >= 15 is 0 Å². The van der Waals surface area contributed by atoms with Crippen molar-refractivity contribution >= 4 is 26.8 Å². The van der Waals surface area contributed by atoms with E-state index in [1.807, 2.05) is 0 Å². The molecule has 9 heteroatoms. The number of rotatable bonds is 5. The third-order valence-corrected chi connectivity index (χ3v) is 8.47. The fourth-order valence-electron chi connectivity index (χ4n) is 4.92. The van der Waals surface area contributed by atoms with Gasteiger partial charge in [0.15, 0.2) is 0 Å². The molecule has 2 aliphatic rings. The van der Waals surface area contributed by atoms with E-state index in [0.717, 1.165) is 12.8 Å². The predicted molar refractivity (Wildman–Crippen MR) is 124 cm³/mol. The molecule has 1 saturated heterocycles. The molecule has 1 atom stereocenters. The van der Waals surface area contributed by atoms with Crippen molar-refractivity contribution in [2.75, 3.05) is 13.2 Å². The molecule has 0 radical (unpaired) electrons. The summed E-state index contributed by atoms with van der Waals surface area (Å²) < 4.78 is 61.2. The van der Waals surface area contributed by atoms with Crippen LogP contribution in [0, 0.1) is 0 Å². The van der Waals surface area contributed by atoms with Crippen molar-refractivity contribution in [1.29, 1.82) is 0 Å². The Balaban J connectivity index is 1.43. The molecule has 0 bridgehead atoms. The van der Waals surface area contributed by atoms with E-state index in [1.165, 1.54) is 34.4 Å². The smallest absolute Gasteiger partial charge is 0.268 e. The minimum absolute atomic E-state index is 0.0270. The molecule has 6 nitrogen and oxygen atoms in total. The summed E-state index contributed by atoms with van der Waals surface area (Å²) in [6.45, 7) is 1.21. The number of halogens is 2. The molecule has 34 heavy (non-hydrogen) atoms. The van der Waals surface area contributed by atoms with Gasteiger partial charge in [-0.3, -0.25) is 4.79 Å². The van der Waals surface area contributed by atoms with Gasteiger partial charge in [0.05, 0.1) is 10.4 Å². The number of nitrogens with zero attached hydrogens (tertiary/aromatic N) is 1. The number of amides is 1. The lowest BCUT2D eigenvalue weighted by atomic mass is 9.97. The molecule has 1 aromatic heterocycles. The quantitative estimate of drug-likeness (QED) is 0.565. The van der Waals surface area contributed by atoms with Crippen molar-refractivity contribution in [2.24, 2.45) is 0 Å². The van der Waals surface area contributed by atoms with Crippen molar-refractivity contribution in [3.63, 3.8) is 0 Å². The van der Waals surface area contributed by atoms with E-state index < -0.39 is 21.9 Å². The number of hydrogen-bond donors (Lipinski definition) is 1. The van der Waals surface area contributed by atoms with Crippen molar-refractivity contribution in [3.8, 4) is 0 Å². The molecule has 1 amide bonds. The number of hydrogen-bond acceptors (Lipinski definition) is 4. The van der Waals surface area contributed by atoms with Crippen LogP contribution in [-0.2, 0) is 14.8 Å². The lowest BCUT2D eigenvalue weighted by Crippen LogP contribution is -2.38. The van der Waals surface area contributed by atoms with Gasteiger partial charge in [0.25, 0.3) is 15.9 Å². The highest BCUT2D eigenvalue weighted by atomic mass is 32.2. The number of alkyl halides is 2. The highest BCUT2D eigenvalue weighted by molar-refractivity contribution is 7.90. The summed E-state index contributed by atoms with van der Waals surface area (Å²) in [6, 6.07) is 12.8. The first-order valence-electron chi connectivity index (χ1n) is 11.5. The van der Waals surface area contributed by atoms with Gasteiger partial charge in [0.2, 0.25) is 5.92 Å².